The molecule has 138 valence electrons. The van der Waals surface area contributed by atoms with Crippen molar-refractivity contribution >= 4 is 6.08 Å². The summed E-state index contributed by atoms with van der Waals surface area (Å²) >= 11 is 0. The Hall–Kier alpha value is -2.30. The number of hydrogen-bond acceptors (Lipinski definition) is 2. The van der Waals surface area contributed by atoms with Gasteiger partial charge in [-0.15, -0.1) is 6.58 Å². The van der Waals surface area contributed by atoms with E-state index < -0.39 is 17.7 Å². The molecule has 0 amide bonds. The summed E-state index contributed by atoms with van der Waals surface area (Å²) in [7, 11) is 0. The smallest absolute Gasteiger partial charge is 0.167 e. The lowest BCUT2D eigenvalue weighted by molar-refractivity contribution is 0.0349. The number of aliphatic hydroxyl groups is 1. The largest absolute Gasteiger partial charge is 0.393 e. The van der Waals surface area contributed by atoms with Crippen LogP contribution >= 0.6 is 0 Å². The molecule has 1 N–H and O–H groups in total. The molecule has 0 aliphatic rings. The maximum Gasteiger partial charge on any atom is 0.167 e. The average Bonchev–Trinajstić information content (AvgIpc) is 2.63. The first-order valence-electron chi connectivity index (χ1n) is 8.63. The van der Waals surface area contributed by atoms with Gasteiger partial charge in [0, 0.05) is 11.1 Å². The van der Waals surface area contributed by atoms with Crippen molar-refractivity contribution < 1.29 is 18.6 Å². The van der Waals surface area contributed by atoms with Gasteiger partial charge in [-0.25, -0.2) is 8.78 Å². The lowest BCUT2D eigenvalue weighted by Gasteiger charge is -2.16. The van der Waals surface area contributed by atoms with Gasteiger partial charge in [-0.2, -0.15) is 0 Å². The third-order valence-electron chi connectivity index (χ3n) is 3.95. The van der Waals surface area contributed by atoms with E-state index in [1.54, 1.807) is 61.5 Å². The molecule has 0 aliphatic carbocycles. The molecule has 0 aromatic heterocycles. The van der Waals surface area contributed by atoms with E-state index in [-0.39, 0.29) is 17.2 Å². The third-order valence-corrected chi connectivity index (χ3v) is 3.95. The maximum absolute atomic E-state index is 14.4. The maximum atomic E-state index is 14.4. The molecule has 0 saturated carbocycles. The van der Waals surface area contributed by atoms with Crippen molar-refractivity contribution in [3.63, 3.8) is 0 Å². The van der Waals surface area contributed by atoms with Gasteiger partial charge >= 0.3 is 0 Å². The molecule has 2 unspecified atom stereocenters. The molecule has 2 aromatic carbocycles. The highest BCUT2D eigenvalue weighted by Gasteiger charge is 2.14. The van der Waals surface area contributed by atoms with E-state index in [0.29, 0.717) is 25.0 Å². The molecule has 26 heavy (non-hydrogen) atoms. The molecule has 0 saturated heterocycles. The minimum absolute atomic E-state index is 0.182. The summed E-state index contributed by atoms with van der Waals surface area (Å²) in [6.07, 6.45) is 5.15. The molecule has 0 heterocycles. The number of ether oxygens (including phenoxy) is 1. The second-order valence-corrected chi connectivity index (χ2v) is 6.16. The normalized spacial score (nSPS) is 13.7. The molecule has 0 radical (unpaired) electrons. The number of rotatable bonds is 9. The van der Waals surface area contributed by atoms with Gasteiger partial charge in [0.1, 0.15) is 0 Å². The van der Waals surface area contributed by atoms with Crippen molar-refractivity contribution in [1.29, 1.82) is 0 Å². The van der Waals surface area contributed by atoms with Gasteiger partial charge < -0.3 is 9.84 Å². The van der Waals surface area contributed by atoms with Crippen LogP contribution in [0.2, 0.25) is 0 Å². The van der Waals surface area contributed by atoms with Crippen LogP contribution in [0, 0.1) is 11.6 Å². The van der Waals surface area contributed by atoms with E-state index in [1.807, 2.05) is 6.07 Å². The molecule has 2 aromatic rings. The van der Waals surface area contributed by atoms with Crippen molar-refractivity contribution in [3.05, 3.63) is 78.4 Å². The Bertz CT molecular complexity index is 739. The summed E-state index contributed by atoms with van der Waals surface area (Å²) in [6, 6.07) is 12.0. The van der Waals surface area contributed by atoms with Crippen molar-refractivity contribution in [1.82, 2.24) is 0 Å². The summed E-state index contributed by atoms with van der Waals surface area (Å²) in [5, 5.41) is 9.52. The van der Waals surface area contributed by atoms with Gasteiger partial charge in [-0.3, -0.25) is 0 Å². The Morgan fingerprint density at radius 1 is 1.12 bits per heavy atom. The number of hydrogen-bond donors (Lipinski definition) is 1. The third kappa shape index (κ3) is 5.61. The predicted molar refractivity (Wildman–Crippen MR) is 102 cm³/mol. The van der Waals surface area contributed by atoms with Crippen LogP contribution in [0.3, 0.4) is 0 Å². The molecule has 2 atom stereocenters. The molecular weight excluding hydrogens is 334 g/mol. The highest BCUT2D eigenvalue weighted by Crippen LogP contribution is 2.27. The fraction of sp³-hybridized carbons (Fsp3) is 0.273. The van der Waals surface area contributed by atoms with Crippen LogP contribution in [0.4, 0.5) is 8.78 Å². The minimum atomic E-state index is -0.873. The Balaban J connectivity index is 2.12. The van der Waals surface area contributed by atoms with E-state index >= 15 is 0 Å². The lowest BCUT2D eigenvalue weighted by Crippen LogP contribution is -2.18. The molecular formula is C22H24F2O2. The standard InChI is InChI=1S/C22H24F2O2/c1-3-14-26-19(15-16(2)25)11-7-10-18-12-13-20(22(24)21(18)23)17-8-5-4-6-9-17/h3-10,12-13,16,19,25H,1,11,14-15H2,2H3/b10-7+. The summed E-state index contributed by atoms with van der Waals surface area (Å²) < 4.78 is 34.3. The first-order valence-corrected chi connectivity index (χ1v) is 8.63. The number of benzene rings is 2. The van der Waals surface area contributed by atoms with E-state index in [9.17, 15) is 13.9 Å². The van der Waals surface area contributed by atoms with E-state index in [2.05, 4.69) is 6.58 Å². The summed E-state index contributed by atoms with van der Waals surface area (Å²) in [5.41, 5.74) is 1.05. The van der Waals surface area contributed by atoms with Crippen LogP contribution < -0.4 is 0 Å². The van der Waals surface area contributed by atoms with Crippen molar-refractivity contribution in [2.24, 2.45) is 0 Å². The van der Waals surface area contributed by atoms with Crippen LogP contribution in [0.25, 0.3) is 17.2 Å². The second kappa shape index (κ2) is 10.00. The molecule has 4 heteroatoms. The predicted octanol–water partition coefficient (Wildman–Crippen LogP) is 5.38. The first kappa shape index (κ1) is 20.0. The monoisotopic (exact) mass is 358 g/mol. The van der Waals surface area contributed by atoms with Crippen LogP contribution in [-0.4, -0.2) is 23.9 Å². The second-order valence-electron chi connectivity index (χ2n) is 6.16. The number of halogens is 2. The van der Waals surface area contributed by atoms with E-state index in [4.69, 9.17) is 4.74 Å². The van der Waals surface area contributed by atoms with Gasteiger partial charge in [-0.05, 0) is 25.3 Å². The summed E-state index contributed by atoms with van der Waals surface area (Å²) in [6.45, 7) is 5.66. The lowest BCUT2D eigenvalue weighted by atomic mass is 10.0. The van der Waals surface area contributed by atoms with Crippen LogP contribution in [0.15, 0.2) is 61.2 Å². The zero-order valence-corrected chi connectivity index (χ0v) is 14.9. The summed E-state index contributed by atoms with van der Waals surface area (Å²) in [4.78, 5) is 0. The Morgan fingerprint density at radius 2 is 1.85 bits per heavy atom. The molecule has 0 fully saturated rings. The fourth-order valence-corrected chi connectivity index (χ4v) is 2.70. The first-order chi connectivity index (χ1) is 12.5. The van der Waals surface area contributed by atoms with Gasteiger partial charge in [-0.1, -0.05) is 60.7 Å². The van der Waals surface area contributed by atoms with Crippen molar-refractivity contribution in [2.75, 3.05) is 6.61 Å². The van der Waals surface area contributed by atoms with Gasteiger partial charge in [0.05, 0.1) is 18.8 Å². The number of aliphatic hydroxyl groups excluding tert-OH is 1. The molecule has 0 spiro atoms. The highest BCUT2D eigenvalue weighted by atomic mass is 19.2. The topological polar surface area (TPSA) is 29.5 Å². The highest BCUT2D eigenvalue weighted by molar-refractivity contribution is 5.66. The summed E-state index contributed by atoms with van der Waals surface area (Å²) in [5.74, 6) is -1.73. The Labute approximate surface area is 153 Å². The molecule has 2 nitrogen and oxygen atoms in total. The quantitative estimate of drug-likeness (QED) is 0.610. The van der Waals surface area contributed by atoms with E-state index in [0.717, 1.165) is 0 Å². The molecule has 0 bridgehead atoms. The van der Waals surface area contributed by atoms with Crippen molar-refractivity contribution in [2.45, 2.75) is 32.0 Å². The van der Waals surface area contributed by atoms with Crippen molar-refractivity contribution in [3.8, 4) is 11.1 Å². The molecule has 2 rings (SSSR count). The Morgan fingerprint density at radius 3 is 2.50 bits per heavy atom. The SMILES string of the molecule is C=CCOC(C/C=C/c1ccc(-c2ccccc2)c(F)c1F)CC(C)O. The zero-order valence-electron chi connectivity index (χ0n) is 14.9. The Kier molecular flexibility index (Phi) is 7.70. The van der Waals surface area contributed by atoms with Gasteiger partial charge in [0.2, 0.25) is 0 Å². The minimum Gasteiger partial charge on any atom is -0.393 e. The molecule has 0 aliphatic heterocycles. The average molecular weight is 358 g/mol. The van der Waals surface area contributed by atoms with Gasteiger partial charge in [0.15, 0.2) is 11.6 Å². The van der Waals surface area contributed by atoms with Crippen LogP contribution in [0.5, 0.6) is 0 Å². The van der Waals surface area contributed by atoms with Gasteiger partial charge in [0.25, 0.3) is 0 Å². The van der Waals surface area contributed by atoms with Crippen LogP contribution in [0.1, 0.15) is 25.3 Å². The van der Waals surface area contributed by atoms with E-state index in [1.165, 1.54) is 0 Å². The zero-order chi connectivity index (χ0) is 18.9. The fourth-order valence-electron chi connectivity index (χ4n) is 2.70. The van der Waals surface area contributed by atoms with Crippen LogP contribution in [-0.2, 0) is 4.74 Å².